The van der Waals surface area contributed by atoms with E-state index in [1.807, 2.05) is 4.98 Å². The second kappa shape index (κ2) is 6.33. The second-order valence-corrected chi connectivity index (χ2v) is 6.40. The monoisotopic (exact) mass is 366 g/mol. The third-order valence-corrected chi connectivity index (χ3v) is 4.04. The summed E-state index contributed by atoms with van der Waals surface area (Å²) < 4.78 is 20.8. The predicted octanol–water partition coefficient (Wildman–Crippen LogP) is -2.78. The Balaban J connectivity index is 2.42. The number of carbonyl (C=O) groups is 1. The first kappa shape index (κ1) is 18.7. The van der Waals surface area contributed by atoms with E-state index in [1.165, 1.54) is 0 Å². The van der Waals surface area contributed by atoms with Crippen LogP contribution in [-0.2, 0) is 18.6 Å². The van der Waals surface area contributed by atoms with Gasteiger partial charge in [0.15, 0.2) is 17.6 Å². The fourth-order valence-electron chi connectivity index (χ4n) is 2.35. The molecule has 0 radical (unpaired) electrons. The van der Waals surface area contributed by atoms with Crippen LogP contribution in [-0.4, -0.2) is 59.8 Å². The fourth-order valence-corrected chi connectivity index (χ4v) is 2.69. The fraction of sp³-hybridized carbons (Fsp3) is 0.545. The molecular weight excluding hydrogens is 351 g/mol. The molecule has 5 N–H and O–H groups in total. The Kier molecular flexibility index (Phi) is 4.93. The van der Waals surface area contributed by atoms with Gasteiger partial charge in [0.05, 0.1) is 6.61 Å². The minimum absolute atomic E-state index is 0.670. The largest absolute Gasteiger partial charge is 0.469 e. The van der Waals surface area contributed by atoms with Gasteiger partial charge in [-0.3, -0.25) is 23.7 Å². The van der Waals surface area contributed by atoms with Gasteiger partial charge in [-0.05, 0) is 6.92 Å². The molecule has 1 aromatic rings. The number of rotatable bonds is 5. The van der Waals surface area contributed by atoms with Crippen LogP contribution in [0.3, 0.4) is 0 Å². The summed E-state index contributed by atoms with van der Waals surface area (Å²) in [5, 5.41) is 20.7. The Morgan fingerprint density at radius 2 is 2.12 bits per heavy atom. The number of aromatic nitrogens is 2. The van der Waals surface area contributed by atoms with Crippen molar-refractivity contribution in [1.82, 2.24) is 9.55 Å². The number of Topliss-reactive ketones (excluding diaryl/α,β-unsaturated/α-hetero) is 1. The number of aromatic amines is 1. The zero-order valence-corrected chi connectivity index (χ0v) is 13.1. The molecule has 1 aromatic heterocycles. The van der Waals surface area contributed by atoms with Gasteiger partial charge in [0.1, 0.15) is 12.2 Å². The van der Waals surface area contributed by atoms with Gasteiger partial charge in [0.25, 0.3) is 5.56 Å². The summed E-state index contributed by atoms with van der Waals surface area (Å²) in [5.74, 6) is -0.961. The zero-order chi connectivity index (χ0) is 18.3. The first-order valence-electron chi connectivity index (χ1n) is 6.55. The number of aliphatic hydroxyl groups is 2. The van der Waals surface area contributed by atoms with Crippen molar-refractivity contribution in [2.24, 2.45) is 0 Å². The molecule has 13 heteroatoms. The van der Waals surface area contributed by atoms with Crippen LogP contribution >= 0.6 is 7.82 Å². The smallest absolute Gasteiger partial charge is 0.387 e. The Bertz CT molecular complexity index is 796. The maximum atomic E-state index is 11.8. The first-order valence-corrected chi connectivity index (χ1v) is 8.08. The molecule has 1 fully saturated rings. The van der Waals surface area contributed by atoms with Gasteiger partial charge in [-0.25, -0.2) is 9.36 Å². The molecule has 0 spiro atoms. The molecule has 1 aliphatic rings. The number of H-pyrrole nitrogens is 1. The minimum atomic E-state index is -4.89. The number of nitrogens with zero attached hydrogens (tertiary/aromatic N) is 1. The van der Waals surface area contributed by atoms with Crippen LogP contribution in [0.2, 0.25) is 0 Å². The van der Waals surface area contributed by atoms with Crippen LogP contribution in [0.15, 0.2) is 21.9 Å². The highest BCUT2D eigenvalue weighted by atomic mass is 31.2. The third-order valence-electron chi connectivity index (χ3n) is 3.56. The molecule has 0 bridgehead atoms. The van der Waals surface area contributed by atoms with E-state index in [0.717, 1.165) is 19.2 Å². The molecule has 1 aliphatic heterocycles. The average Bonchev–Trinajstić information content (AvgIpc) is 2.70. The maximum absolute atomic E-state index is 11.8. The molecule has 1 saturated heterocycles. The van der Waals surface area contributed by atoms with Crippen molar-refractivity contribution in [3.05, 3.63) is 33.1 Å². The van der Waals surface area contributed by atoms with Crippen LogP contribution in [0, 0.1) is 0 Å². The Hall–Kier alpha value is -1.66. The second-order valence-electron chi connectivity index (χ2n) is 5.16. The predicted molar refractivity (Wildman–Crippen MR) is 74.9 cm³/mol. The van der Waals surface area contributed by atoms with Crippen LogP contribution in [0.1, 0.15) is 13.2 Å². The number of ether oxygens (including phenoxy) is 1. The Morgan fingerprint density at radius 3 is 2.62 bits per heavy atom. The molecule has 12 nitrogen and oxygen atoms in total. The molecule has 0 amide bonds. The van der Waals surface area contributed by atoms with Gasteiger partial charge in [0, 0.05) is 12.3 Å². The van der Waals surface area contributed by atoms with Crippen molar-refractivity contribution >= 4 is 13.6 Å². The van der Waals surface area contributed by atoms with E-state index >= 15 is 0 Å². The number of nitrogens with one attached hydrogen (secondary N) is 1. The highest BCUT2D eigenvalue weighted by Crippen LogP contribution is 2.42. The van der Waals surface area contributed by atoms with Gasteiger partial charge >= 0.3 is 13.5 Å². The van der Waals surface area contributed by atoms with Crippen molar-refractivity contribution in [1.29, 1.82) is 0 Å². The highest BCUT2D eigenvalue weighted by molar-refractivity contribution is 7.46. The lowest BCUT2D eigenvalue weighted by atomic mass is 9.90. The normalized spacial score (nSPS) is 30.5. The van der Waals surface area contributed by atoms with Crippen LogP contribution in [0.25, 0.3) is 0 Å². The van der Waals surface area contributed by atoms with E-state index in [1.54, 1.807) is 0 Å². The summed E-state index contributed by atoms with van der Waals surface area (Å²) in [6.07, 6.45) is -4.25. The quantitative estimate of drug-likeness (QED) is 0.341. The van der Waals surface area contributed by atoms with Crippen molar-refractivity contribution in [2.75, 3.05) is 6.61 Å². The SMILES string of the molecule is CC(=O)[C@@]1(O)[C@H](O)[C@@H](COP(=O)(O)O)O[C@H]1n1ccc(=O)[nH]c1=O. The zero-order valence-electron chi connectivity index (χ0n) is 12.2. The molecule has 0 unspecified atom stereocenters. The summed E-state index contributed by atoms with van der Waals surface area (Å²) in [6, 6.07) is 0.928. The van der Waals surface area contributed by atoms with Crippen LogP contribution in [0.4, 0.5) is 0 Å². The van der Waals surface area contributed by atoms with Crippen molar-refractivity contribution in [3.63, 3.8) is 0 Å². The summed E-state index contributed by atoms with van der Waals surface area (Å²) in [4.78, 5) is 54.0. The number of phosphoric ester groups is 1. The standard InChI is InChI=1S/C11H15N2O10P/c1-5(14)11(18)8(16)6(4-22-24(19,20)21)23-9(11)13-3-2-7(15)12-10(13)17/h2-3,6,8-9,16,18H,4H2,1H3,(H,12,15,17)(H2,19,20,21)/t6-,8-,9-,11-/m1/s1. The Morgan fingerprint density at radius 1 is 1.50 bits per heavy atom. The topological polar surface area (TPSA) is 188 Å². The lowest BCUT2D eigenvalue weighted by molar-refractivity contribution is -0.157. The number of aliphatic hydroxyl groups excluding tert-OH is 1. The van der Waals surface area contributed by atoms with E-state index in [0.29, 0.717) is 4.57 Å². The third kappa shape index (κ3) is 3.39. The van der Waals surface area contributed by atoms with Gasteiger partial charge in [-0.2, -0.15) is 0 Å². The number of hydrogen-bond acceptors (Lipinski definition) is 8. The molecule has 2 heterocycles. The van der Waals surface area contributed by atoms with E-state index < -0.39 is 55.5 Å². The van der Waals surface area contributed by atoms with E-state index in [2.05, 4.69) is 4.52 Å². The molecule has 134 valence electrons. The summed E-state index contributed by atoms with van der Waals surface area (Å²) >= 11 is 0. The maximum Gasteiger partial charge on any atom is 0.469 e. The lowest BCUT2D eigenvalue weighted by Gasteiger charge is -2.28. The molecule has 0 aliphatic carbocycles. The number of ketones is 1. The van der Waals surface area contributed by atoms with Gasteiger partial charge in [0.2, 0.25) is 0 Å². The molecule has 0 aromatic carbocycles. The van der Waals surface area contributed by atoms with Gasteiger partial charge in [-0.1, -0.05) is 0 Å². The molecular formula is C11H15N2O10P. The highest BCUT2D eigenvalue weighted by Gasteiger charge is 2.60. The summed E-state index contributed by atoms with van der Waals surface area (Å²) in [6.45, 7) is 0.0815. The summed E-state index contributed by atoms with van der Waals surface area (Å²) in [5.41, 5.74) is -4.34. The first-order chi connectivity index (χ1) is 11.0. The van der Waals surface area contributed by atoms with Gasteiger partial charge in [-0.15, -0.1) is 0 Å². The molecule has 2 rings (SSSR count). The average molecular weight is 366 g/mol. The van der Waals surface area contributed by atoms with Crippen molar-refractivity contribution in [2.45, 2.75) is 31.0 Å². The number of phosphoric acid groups is 1. The van der Waals surface area contributed by atoms with Crippen LogP contribution < -0.4 is 11.2 Å². The minimum Gasteiger partial charge on any atom is -0.387 e. The van der Waals surface area contributed by atoms with E-state index in [9.17, 15) is 29.2 Å². The van der Waals surface area contributed by atoms with Crippen LogP contribution in [0.5, 0.6) is 0 Å². The Labute approximate surface area is 133 Å². The van der Waals surface area contributed by atoms with E-state index in [4.69, 9.17) is 14.5 Å². The lowest BCUT2D eigenvalue weighted by Crippen LogP contribution is -2.54. The van der Waals surface area contributed by atoms with Gasteiger partial charge < -0.3 is 24.7 Å². The summed E-state index contributed by atoms with van der Waals surface area (Å²) in [7, 11) is -4.89. The molecule has 24 heavy (non-hydrogen) atoms. The molecule has 4 atom stereocenters. The van der Waals surface area contributed by atoms with Crippen molar-refractivity contribution in [3.8, 4) is 0 Å². The number of hydrogen-bond donors (Lipinski definition) is 5. The van der Waals surface area contributed by atoms with Crippen molar-refractivity contribution < 1.29 is 38.6 Å². The number of carbonyl (C=O) groups excluding carboxylic acids is 1. The van der Waals surface area contributed by atoms with E-state index in [-0.39, 0.29) is 0 Å². The molecule has 0 saturated carbocycles.